The maximum Gasteiger partial charge on any atom is 0.160 e. The van der Waals surface area contributed by atoms with E-state index < -0.39 is 0 Å². The lowest BCUT2D eigenvalue weighted by Gasteiger charge is -2.11. The van der Waals surface area contributed by atoms with Gasteiger partial charge in [-0.05, 0) is 48.0 Å². The molecule has 0 amide bonds. The van der Waals surface area contributed by atoms with E-state index in [2.05, 4.69) is 26.1 Å². The van der Waals surface area contributed by atoms with Crippen molar-refractivity contribution in [3.8, 4) is 33.6 Å². The number of hydrogen-bond donors (Lipinski definition) is 0. The molecular formula is C23H16FN5. The van der Waals surface area contributed by atoms with E-state index in [-0.39, 0.29) is 5.82 Å². The van der Waals surface area contributed by atoms with Gasteiger partial charge in [-0.2, -0.15) is 5.10 Å². The van der Waals surface area contributed by atoms with Crippen LogP contribution in [0.25, 0.3) is 44.7 Å². The summed E-state index contributed by atoms with van der Waals surface area (Å²) in [6.07, 6.45) is 7.05. The number of aromatic nitrogens is 5. The van der Waals surface area contributed by atoms with Crippen molar-refractivity contribution in [2.45, 2.75) is 0 Å². The maximum absolute atomic E-state index is 14.4. The first-order valence-electron chi connectivity index (χ1n) is 9.15. The van der Waals surface area contributed by atoms with Gasteiger partial charge >= 0.3 is 0 Å². The number of halogens is 1. The molecule has 0 fully saturated rings. The van der Waals surface area contributed by atoms with Crippen molar-refractivity contribution in [3.05, 3.63) is 85.2 Å². The predicted molar refractivity (Wildman–Crippen MR) is 110 cm³/mol. The third-order valence-electron chi connectivity index (χ3n) is 4.90. The number of benzene rings is 1. The second-order valence-corrected chi connectivity index (χ2v) is 6.71. The molecule has 0 aliphatic rings. The quantitative estimate of drug-likeness (QED) is 0.446. The van der Waals surface area contributed by atoms with E-state index in [1.54, 1.807) is 47.7 Å². The molecule has 0 saturated carbocycles. The molecule has 0 aliphatic heterocycles. The Morgan fingerprint density at radius 2 is 1.72 bits per heavy atom. The number of rotatable bonds is 3. The Bertz CT molecular complexity index is 1340. The summed E-state index contributed by atoms with van der Waals surface area (Å²) >= 11 is 0. The zero-order valence-electron chi connectivity index (χ0n) is 15.6. The molecule has 5 rings (SSSR count). The van der Waals surface area contributed by atoms with Crippen LogP contribution in [0.1, 0.15) is 0 Å². The van der Waals surface area contributed by atoms with Gasteiger partial charge in [-0.3, -0.25) is 9.67 Å². The Kier molecular flexibility index (Phi) is 4.09. The molecule has 5 nitrogen and oxygen atoms in total. The Morgan fingerprint density at radius 3 is 2.55 bits per heavy atom. The highest BCUT2D eigenvalue weighted by molar-refractivity contribution is 5.95. The zero-order valence-corrected chi connectivity index (χ0v) is 15.6. The van der Waals surface area contributed by atoms with Crippen LogP contribution >= 0.6 is 0 Å². The summed E-state index contributed by atoms with van der Waals surface area (Å²) in [7, 11) is 1.89. The summed E-state index contributed by atoms with van der Waals surface area (Å²) in [5, 5.41) is 5.12. The first-order valence-corrected chi connectivity index (χ1v) is 9.15. The van der Waals surface area contributed by atoms with Gasteiger partial charge in [-0.25, -0.2) is 14.4 Å². The van der Waals surface area contributed by atoms with Gasteiger partial charge in [0.1, 0.15) is 5.82 Å². The lowest BCUT2D eigenvalue weighted by Crippen LogP contribution is -1.96. The highest BCUT2D eigenvalue weighted by Gasteiger charge is 2.14. The molecular weight excluding hydrogens is 365 g/mol. The minimum Gasteiger partial charge on any atom is -0.268 e. The summed E-state index contributed by atoms with van der Waals surface area (Å²) in [6, 6.07) is 16.3. The standard InChI is InChI=1S/C23H16FN5/c1-29-22(8-10-27-29)16-11-15(13-25-14-16)19-12-21(18-5-2-3-7-20(18)24)28-23-17(19)6-4-9-26-23/h2-14H,1H3. The third kappa shape index (κ3) is 3.04. The molecule has 0 spiro atoms. The summed E-state index contributed by atoms with van der Waals surface area (Å²) in [5.74, 6) is -0.317. The van der Waals surface area contributed by atoms with Crippen LogP contribution in [0.4, 0.5) is 4.39 Å². The van der Waals surface area contributed by atoms with Gasteiger partial charge in [0, 0.05) is 53.9 Å². The molecule has 5 aromatic rings. The molecule has 1 aromatic carbocycles. The lowest BCUT2D eigenvalue weighted by atomic mass is 9.99. The van der Waals surface area contributed by atoms with Crippen LogP contribution in [0, 0.1) is 5.82 Å². The average Bonchev–Trinajstić information content (AvgIpc) is 3.19. The van der Waals surface area contributed by atoms with Crippen molar-refractivity contribution < 1.29 is 4.39 Å². The van der Waals surface area contributed by atoms with E-state index in [0.717, 1.165) is 27.8 Å². The summed E-state index contributed by atoms with van der Waals surface area (Å²) in [5.41, 5.74) is 5.26. The van der Waals surface area contributed by atoms with Gasteiger partial charge in [0.2, 0.25) is 0 Å². The second-order valence-electron chi connectivity index (χ2n) is 6.71. The molecule has 140 valence electrons. The third-order valence-corrected chi connectivity index (χ3v) is 4.90. The van der Waals surface area contributed by atoms with Gasteiger partial charge in [0.05, 0.1) is 11.4 Å². The SMILES string of the molecule is Cn1nccc1-c1cncc(-c2cc(-c3ccccc3F)nc3ncccc23)c1. The van der Waals surface area contributed by atoms with Gasteiger partial charge in [-0.1, -0.05) is 12.1 Å². The van der Waals surface area contributed by atoms with Crippen LogP contribution in [0.2, 0.25) is 0 Å². The molecule has 6 heteroatoms. The highest BCUT2D eigenvalue weighted by atomic mass is 19.1. The first kappa shape index (κ1) is 17.2. The number of hydrogen-bond acceptors (Lipinski definition) is 4. The number of aryl methyl sites for hydroxylation is 1. The topological polar surface area (TPSA) is 56.5 Å². The molecule has 0 saturated heterocycles. The predicted octanol–water partition coefficient (Wildman–Crippen LogP) is 4.90. The molecule has 0 aliphatic carbocycles. The van der Waals surface area contributed by atoms with Crippen molar-refractivity contribution in [2.75, 3.05) is 0 Å². The molecule has 4 aromatic heterocycles. The fourth-order valence-electron chi connectivity index (χ4n) is 3.49. The average molecular weight is 381 g/mol. The van der Waals surface area contributed by atoms with Crippen LogP contribution < -0.4 is 0 Å². The van der Waals surface area contributed by atoms with E-state index in [4.69, 9.17) is 0 Å². The van der Waals surface area contributed by atoms with E-state index in [0.29, 0.717) is 16.9 Å². The molecule has 29 heavy (non-hydrogen) atoms. The van der Waals surface area contributed by atoms with Crippen molar-refractivity contribution in [3.63, 3.8) is 0 Å². The largest absolute Gasteiger partial charge is 0.268 e. The minimum absolute atomic E-state index is 0.317. The number of pyridine rings is 3. The van der Waals surface area contributed by atoms with Crippen molar-refractivity contribution in [2.24, 2.45) is 7.05 Å². The van der Waals surface area contributed by atoms with E-state index in [9.17, 15) is 4.39 Å². The van der Waals surface area contributed by atoms with Gasteiger partial charge in [0.15, 0.2) is 5.65 Å². The summed E-state index contributed by atoms with van der Waals surface area (Å²) < 4.78 is 16.2. The zero-order chi connectivity index (χ0) is 19.8. The second kappa shape index (κ2) is 6.91. The van der Waals surface area contributed by atoms with E-state index in [1.807, 2.05) is 31.3 Å². The van der Waals surface area contributed by atoms with Crippen LogP contribution in [0.3, 0.4) is 0 Å². The van der Waals surface area contributed by atoms with E-state index in [1.165, 1.54) is 6.07 Å². The van der Waals surface area contributed by atoms with Crippen molar-refractivity contribution >= 4 is 11.0 Å². The monoisotopic (exact) mass is 381 g/mol. The van der Waals surface area contributed by atoms with Crippen molar-refractivity contribution in [1.82, 2.24) is 24.7 Å². The molecule has 0 atom stereocenters. The molecule has 4 heterocycles. The summed E-state index contributed by atoms with van der Waals surface area (Å²) in [6.45, 7) is 0. The Hall–Kier alpha value is -3.93. The first-order chi connectivity index (χ1) is 14.2. The number of nitrogens with zero attached hydrogens (tertiary/aromatic N) is 5. The smallest absolute Gasteiger partial charge is 0.160 e. The summed E-state index contributed by atoms with van der Waals surface area (Å²) in [4.78, 5) is 13.4. The lowest BCUT2D eigenvalue weighted by molar-refractivity contribution is 0.631. The molecule has 0 unspecified atom stereocenters. The fourth-order valence-corrected chi connectivity index (χ4v) is 3.49. The molecule has 0 bridgehead atoms. The Morgan fingerprint density at radius 1 is 0.862 bits per heavy atom. The Labute approximate surface area is 166 Å². The van der Waals surface area contributed by atoms with Gasteiger partial charge < -0.3 is 0 Å². The van der Waals surface area contributed by atoms with Crippen molar-refractivity contribution in [1.29, 1.82) is 0 Å². The Balaban J connectivity index is 1.75. The van der Waals surface area contributed by atoms with E-state index >= 15 is 0 Å². The van der Waals surface area contributed by atoms with Crippen LogP contribution in [-0.4, -0.2) is 24.7 Å². The van der Waals surface area contributed by atoms with Gasteiger partial charge in [0.25, 0.3) is 0 Å². The molecule has 0 N–H and O–H groups in total. The normalized spacial score (nSPS) is 11.1. The van der Waals surface area contributed by atoms with Crippen LogP contribution in [0.5, 0.6) is 0 Å². The maximum atomic E-state index is 14.4. The fraction of sp³-hybridized carbons (Fsp3) is 0.0435. The highest BCUT2D eigenvalue weighted by Crippen LogP contribution is 2.33. The number of fused-ring (bicyclic) bond motifs is 1. The van der Waals surface area contributed by atoms with Crippen LogP contribution in [0.15, 0.2) is 79.4 Å². The molecule has 0 radical (unpaired) electrons. The minimum atomic E-state index is -0.317. The van der Waals surface area contributed by atoms with Gasteiger partial charge in [-0.15, -0.1) is 0 Å². The van der Waals surface area contributed by atoms with Crippen LogP contribution in [-0.2, 0) is 7.05 Å².